The second-order valence-corrected chi connectivity index (χ2v) is 8.33. The Balaban J connectivity index is 1.46. The molecule has 0 radical (unpaired) electrons. The van der Waals surface area contributed by atoms with Crippen LogP contribution in [0.15, 0.2) is 18.5 Å². The van der Waals surface area contributed by atoms with Gasteiger partial charge in [-0.2, -0.15) is 22.7 Å². The minimum atomic E-state index is -4.37. The molecule has 2 aliphatic rings. The Bertz CT molecular complexity index is 968. The van der Waals surface area contributed by atoms with E-state index in [0.717, 1.165) is 0 Å². The van der Waals surface area contributed by atoms with Crippen molar-refractivity contribution >= 4 is 11.7 Å². The number of nitrogens with one attached hydrogen (secondary N) is 1. The molecular formula is C19H21F6N5O. The van der Waals surface area contributed by atoms with Crippen LogP contribution in [-0.4, -0.2) is 56.4 Å². The van der Waals surface area contributed by atoms with Gasteiger partial charge >= 0.3 is 17.9 Å². The maximum Gasteiger partial charge on any atom is 0.329 e. The number of amides is 2. The lowest BCUT2D eigenvalue weighted by atomic mass is 9.84. The fraction of sp³-hybridized carbons (Fsp3) is 0.632. The van der Waals surface area contributed by atoms with Gasteiger partial charge in [-0.05, 0) is 36.8 Å². The zero-order chi connectivity index (χ0) is 22.4. The van der Waals surface area contributed by atoms with Crippen molar-refractivity contribution in [1.29, 1.82) is 0 Å². The summed E-state index contributed by atoms with van der Waals surface area (Å²) in [7, 11) is 0. The summed E-state index contributed by atoms with van der Waals surface area (Å²) >= 11 is 0. The van der Waals surface area contributed by atoms with Crippen LogP contribution in [-0.2, 0) is 13.0 Å². The van der Waals surface area contributed by atoms with Crippen molar-refractivity contribution in [2.75, 3.05) is 13.1 Å². The summed E-state index contributed by atoms with van der Waals surface area (Å²) in [5, 5.41) is 5.95. The number of imidazole rings is 1. The van der Waals surface area contributed by atoms with Gasteiger partial charge in [-0.3, -0.25) is 0 Å². The fourth-order valence-electron chi connectivity index (χ4n) is 3.95. The molecule has 2 amide bonds. The molecule has 1 saturated heterocycles. The van der Waals surface area contributed by atoms with E-state index >= 15 is 0 Å². The highest BCUT2D eigenvalue weighted by Gasteiger charge is 2.59. The van der Waals surface area contributed by atoms with E-state index in [-0.39, 0.29) is 25.3 Å². The minimum absolute atomic E-state index is 0.0914. The van der Waals surface area contributed by atoms with Gasteiger partial charge in [0.05, 0.1) is 31.2 Å². The summed E-state index contributed by atoms with van der Waals surface area (Å²) in [6, 6.07) is 0.509. The highest BCUT2D eigenvalue weighted by atomic mass is 19.3. The van der Waals surface area contributed by atoms with E-state index in [0.29, 0.717) is 41.1 Å². The fourth-order valence-corrected chi connectivity index (χ4v) is 3.95. The number of nitrogens with zero attached hydrogens (tertiary/aromatic N) is 4. The lowest BCUT2D eigenvalue weighted by Gasteiger charge is -2.27. The van der Waals surface area contributed by atoms with Crippen molar-refractivity contribution < 1.29 is 31.1 Å². The van der Waals surface area contributed by atoms with Crippen LogP contribution in [0.1, 0.15) is 36.9 Å². The molecule has 12 heteroatoms. The normalized spacial score (nSPS) is 23.5. The van der Waals surface area contributed by atoms with Crippen LogP contribution in [0.4, 0.5) is 31.1 Å². The average molecular weight is 449 g/mol. The average Bonchev–Trinajstić information content (AvgIpc) is 3.05. The number of hydrogen-bond acceptors (Lipinski definition) is 3. The molecule has 0 atom stereocenters. The first-order chi connectivity index (χ1) is 14.4. The number of rotatable bonds is 4. The second-order valence-electron chi connectivity index (χ2n) is 8.33. The first kappa shape index (κ1) is 21.7. The lowest BCUT2D eigenvalue weighted by Crippen LogP contribution is -2.48. The molecule has 0 bridgehead atoms. The van der Waals surface area contributed by atoms with Crippen LogP contribution in [0.5, 0.6) is 0 Å². The van der Waals surface area contributed by atoms with Crippen LogP contribution >= 0.6 is 0 Å². The molecule has 0 aromatic carbocycles. The van der Waals surface area contributed by atoms with Crippen molar-refractivity contribution in [1.82, 2.24) is 24.8 Å². The Kier molecular flexibility index (Phi) is 5.29. The summed E-state index contributed by atoms with van der Waals surface area (Å²) in [4.78, 5) is 17.0. The number of fused-ring (bicyclic) bond motifs is 1. The minimum Gasteiger partial charge on any atom is -0.332 e. The maximum absolute atomic E-state index is 13.8. The van der Waals surface area contributed by atoms with Gasteiger partial charge in [0.15, 0.2) is 5.65 Å². The molecule has 1 aliphatic heterocycles. The van der Waals surface area contributed by atoms with Crippen LogP contribution in [0, 0.1) is 5.92 Å². The first-order valence-electron chi connectivity index (χ1n) is 9.94. The summed E-state index contributed by atoms with van der Waals surface area (Å²) < 4.78 is 82.8. The van der Waals surface area contributed by atoms with Crippen molar-refractivity contribution in [3.05, 3.63) is 29.7 Å². The molecule has 3 heterocycles. The van der Waals surface area contributed by atoms with E-state index in [1.54, 1.807) is 6.20 Å². The van der Waals surface area contributed by atoms with Crippen molar-refractivity contribution in [3.63, 3.8) is 0 Å². The van der Waals surface area contributed by atoms with Gasteiger partial charge in [-0.1, -0.05) is 0 Å². The topological polar surface area (TPSA) is 62.5 Å². The van der Waals surface area contributed by atoms with Crippen molar-refractivity contribution in [2.24, 2.45) is 5.92 Å². The van der Waals surface area contributed by atoms with Crippen molar-refractivity contribution in [3.8, 4) is 0 Å². The van der Waals surface area contributed by atoms with Gasteiger partial charge in [0, 0.05) is 19.4 Å². The standard InChI is InChI=1S/C19H21F6N5O/c20-17(21)3-1-12(2-4-17)5-14-9-30-15(28-14)6-13(7-27-30)8-29-11-19(24,25)18(22,23)10-26-16(29)31/h6-7,9,12H,1-5,8,10-11H2,(H,26,31). The van der Waals surface area contributed by atoms with Crippen molar-refractivity contribution in [2.45, 2.75) is 56.4 Å². The zero-order valence-corrected chi connectivity index (χ0v) is 16.4. The smallest absolute Gasteiger partial charge is 0.329 e. The molecule has 4 rings (SSSR count). The largest absolute Gasteiger partial charge is 0.332 e. The van der Waals surface area contributed by atoms with E-state index in [4.69, 9.17) is 0 Å². The van der Waals surface area contributed by atoms with Gasteiger partial charge in [-0.25, -0.2) is 23.1 Å². The quantitative estimate of drug-likeness (QED) is 0.721. The van der Waals surface area contributed by atoms with Crippen LogP contribution < -0.4 is 5.32 Å². The van der Waals surface area contributed by atoms with E-state index in [9.17, 15) is 31.1 Å². The third kappa shape index (κ3) is 4.57. The van der Waals surface area contributed by atoms with Gasteiger partial charge in [-0.15, -0.1) is 0 Å². The summed E-state index contributed by atoms with van der Waals surface area (Å²) in [5.74, 6) is -11.2. The SMILES string of the molecule is O=C1NCC(F)(F)C(F)(F)CN1Cc1cnn2cc(CC3CCC(F)(F)CC3)nc2c1. The third-order valence-corrected chi connectivity index (χ3v) is 5.81. The highest BCUT2D eigenvalue weighted by molar-refractivity contribution is 5.74. The number of urea groups is 1. The van der Waals surface area contributed by atoms with Gasteiger partial charge in [0.2, 0.25) is 5.92 Å². The van der Waals surface area contributed by atoms with Crippen LogP contribution in [0.25, 0.3) is 5.65 Å². The second kappa shape index (κ2) is 7.56. The molecule has 0 spiro atoms. The highest BCUT2D eigenvalue weighted by Crippen LogP contribution is 2.38. The Morgan fingerprint density at radius 3 is 2.52 bits per heavy atom. The molecule has 2 aromatic heterocycles. The number of aromatic nitrogens is 3. The predicted molar refractivity (Wildman–Crippen MR) is 97.3 cm³/mol. The monoisotopic (exact) mass is 449 g/mol. The van der Waals surface area contributed by atoms with Gasteiger partial charge < -0.3 is 10.2 Å². The molecule has 1 saturated carbocycles. The molecule has 2 fully saturated rings. The number of hydrogen-bond donors (Lipinski definition) is 1. The third-order valence-electron chi connectivity index (χ3n) is 5.81. The molecule has 6 nitrogen and oxygen atoms in total. The summed E-state index contributed by atoms with van der Waals surface area (Å²) in [6.45, 7) is -3.22. The molecule has 170 valence electrons. The summed E-state index contributed by atoms with van der Waals surface area (Å²) in [6.07, 6.45) is 4.05. The van der Waals surface area contributed by atoms with E-state index < -0.39 is 36.9 Å². The molecule has 1 aliphatic carbocycles. The number of carbonyl (C=O) groups is 1. The number of carbonyl (C=O) groups excluding carboxylic acids is 1. The van der Waals surface area contributed by atoms with Gasteiger partial charge in [0.1, 0.15) is 0 Å². The maximum atomic E-state index is 13.8. The molecule has 31 heavy (non-hydrogen) atoms. The molecule has 1 N–H and O–H groups in total. The molecule has 2 aromatic rings. The first-order valence-corrected chi connectivity index (χ1v) is 9.94. The van der Waals surface area contributed by atoms with E-state index in [1.807, 2.05) is 5.32 Å². The predicted octanol–water partition coefficient (Wildman–Crippen LogP) is 3.89. The van der Waals surface area contributed by atoms with Crippen LogP contribution in [0.2, 0.25) is 0 Å². The Hall–Kier alpha value is -2.53. The van der Waals surface area contributed by atoms with E-state index in [2.05, 4.69) is 10.1 Å². The Labute approximate surface area is 173 Å². The van der Waals surface area contributed by atoms with E-state index in [1.165, 1.54) is 16.8 Å². The molecule has 0 unspecified atom stereocenters. The zero-order valence-electron chi connectivity index (χ0n) is 16.4. The molecular weight excluding hydrogens is 428 g/mol. The number of halogens is 6. The van der Waals surface area contributed by atoms with Gasteiger partial charge in [0.25, 0.3) is 0 Å². The Morgan fingerprint density at radius 1 is 1.10 bits per heavy atom. The lowest BCUT2D eigenvalue weighted by molar-refractivity contribution is -0.204. The Morgan fingerprint density at radius 2 is 1.81 bits per heavy atom. The van der Waals surface area contributed by atoms with Crippen LogP contribution in [0.3, 0.4) is 0 Å². The number of alkyl halides is 6. The summed E-state index contributed by atoms with van der Waals surface area (Å²) in [5.41, 5.74) is 1.40.